The van der Waals surface area contributed by atoms with E-state index in [9.17, 15) is 54.9 Å². The maximum Gasteiger partial charge on any atom is 0.220 e. The largest absolute Gasteiger partial charge is 0.394 e. The molecule has 27 nitrogen and oxygen atoms in total. The summed E-state index contributed by atoms with van der Waals surface area (Å²) in [5.74, 6) is -2.44. The second kappa shape index (κ2) is 29.5. The average molecular weight is 989 g/mol. The molecular formula is C42H76N12O15. The van der Waals surface area contributed by atoms with Crippen LogP contribution in [0.5, 0.6) is 0 Å². The topological polar surface area (TPSA) is 494 Å². The molecule has 0 aromatic heterocycles. The first-order chi connectivity index (χ1) is 32.6. The van der Waals surface area contributed by atoms with E-state index in [0.717, 1.165) is 0 Å². The van der Waals surface area contributed by atoms with Crippen LogP contribution in [0.1, 0.15) is 109 Å². The van der Waals surface area contributed by atoms with Crippen molar-refractivity contribution in [2.45, 2.75) is 201 Å². The number of aliphatic hydroxyl groups excluding tert-OH is 7. The summed E-state index contributed by atoms with van der Waals surface area (Å²) in [5.41, 5.74) is 21.7. The van der Waals surface area contributed by atoms with Crippen LogP contribution in [0.4, 0.5) is 0 Å². The molecule has 2 heterocycles. The third-order valence-electron chi connectivity index (χ3n) is 12.0. The fourth-order valence-corrected chi connectivity index (χ4v) is 8.24. The highest BCUT2D eigenvalue weighted by Gasteiger charge is 2.54. The van der Waals surface area contributed by atoms with E-state index in [1.807, 2.05) is 0 Å². The Bertz CT molecular complexity index is 1720. The smallest absolute Gasteiger partial charge is 0.220 e. The Kier molecular flexibility index (Phi) is 25.1. The van der Waals surface area contributed by atoms with Crippen LogP contribution in [0.15, 0.2) is 0 Å². The summed E-state index contributed by atoms with van der Waals surface area (Å²) >= 11 is 0. The minimum Gasteiger partial charge on any atom is -0.394 e. The highest BCUT2D eigenvalue weighted by atomic mass is 16.7. The molecule has 15 atom stereocenters. The van der Waals surface area contributed by atoms with Gasteiger partial charge in [0.25, 0.3) is 0 Å². The van der Waals surface area contributed by atoms with E-state index in [1.54, 1.807) is 0 Å². The lowest BCUT2D eigenvalue weighted by atomic mass is 9.82. The summed E-state index contributed by atoms with van der Waals surface area (Å²) in [5, 5.41) is 119. The van der Waals surface area contributed by atoms with Gasteiger partial charge >= 0.3 is 0 Å². The van der Waals surface area contributed by atoms with Gasteiger partial charge in [0.05, 0.1) is 48.1 Å². The van der Waals surface area contributed by atoms with E-state index in [1.165, 1.54) is 0 Å². The van der Waals surface area contributed by atoms with Crippen molar-refractivity contribution in [2.75, 3.05) is 13.2 Å². The van der Waals surface area contributed by atoms with Gasteiger partial charge in [-0.05, 0) is 57.8 Å². The molecule has 3 rings (SSSR count). The van der Waals surface area contributed by atoms with Gasteiger partial charge in [0.2, 0.25) is 23.6 Å². The molecule has 1 unspecified atom stereocenters. The second-order valence-electron chi connectivity index (χ2n) is 17.8. The minimum atomic E-state index is -1.98. The molecule has 4 amide bonds. The molecule has 0 spiro atoms. The zero-order valence-electron chi connectivity index (χ0n) is 38.8. The van der Waals surface area contributed by atoms with Crippen LogP contribution >= 0.6 is 0 Å². The lowest BCUT2D eigenvalue weighted by molar-refractivity contribution is -0.334. The summed E-state index contributed by atoms with van der Waals surface area (Å²) in [6, 6.07) is -3.99. The maximum absolute atomic E-state index is 13.5. The Hall–Kier alpha value is -4.68. The SMILES string of the molecule is N=C(N)CCCCC(=O)NC[C@H]1O[C@H](O[C@H]2[C@H](O)[C@@H](OC3O[C@H](CO)[C@@H](O)[C@H](NC(=O)CCCCC(=N)N)[C@H]3O)[C@H](NC(=O)CCCCC(=N)N)C[C@@H]2NC(=O)CCCCC(=N)N)[C@H](O)[C@@H](O)[C@@H]1O. The summed E-state index contributed by atoms with van der Waals surface area (Å²) in [4.78, 5) is 52.6. The fourth-order valence-electron chi connectivity index (χ4n) is 8.24. The van der Waals surface area contributed by atoms with Crippen molar-refractivity contribution < 1.29 is 73.9 Å². The van der Waals surface area contributed by atoms with Crippen molar-refractivity contribution in [2.24, 2.45) is 22.9 Å². The van der Waals surface area contributed by atoms with Gasteiger partial charge < -0.3 is 98.9 Å². The molecule has 3 aliphatic rings. The second-order valence-corrected chi connectivity index (χ2v) is 17.8. The molecule has 2 saturated heterocycles. The van der Waals surface area contributed by atoms with Crippen LogP contribution in [0.3, 0.4) is 0 Å². The van der Waals surface area contributed by atoms with Crippen molar-refractivity contribution in [3.05, 3.63) is 0 Å². The van der Waals surface area contributed by atoms with Crippen LogP contribution in [-0.2, 0) is 38.1 Å². The van der Waals surface area contributed by atoms with Gasteiger partial charge in [-0.2, -0.15) is 0 Å². The molecule has 69 heavy (non-hydrogen) atoms. The predicted molar refractivity (Wildman–Crippen MR) is 245 cm³/mol. The Morgan fingerprint density at radius 3 is 1.28 bits per heavy atom. The standard InChI is InChI=1S/C42H76N12O15/c43-24(44)9-1-5-13-28(56)51-18-22-34(61)36(63)37(64)42(66-22)69-40-21(53-30(58)15-7-3-11-26(47)48)17-20(52-29(57)14-6-2-10-25(45)46)39(38(40)65)68-41-35(62)32(33(60)23(19-55)67-41)54-31(59)16-8-4-12-27(49)50/h20-23,32-42,55,60-65H,1-19H2,(H3,43,44)(H3,45,46)(H3,47,48)(H3,49,50)(H,51,56)(H,52,57)(H,53,58)(H,54,59)/t20-,21+,22-,23-,32+,33-,34-,35-,36+,37-,38-,39+,40-,41?,42-/m1/s1. The number of rotatable bonds is 30. The number of nitrogens with two attached hydrogens (primary N) is 4. The molecular weight excluding hydrogens is 913 g/mol. The van der Waals surface area contributed by atoms with Crippen molar-refractivity contribution >= 4 is 47.0 Å². The van der Waals surface area contributed by atoms with Gasteiger partial charge in [-0.1, -0.05) is 0 Å². The van der Waals surface area contributed by atoms with Crippen LogP contribution in [-0.4, -0.2) is 188 Å². The molecule has 27 heteroatoms. The van der Waals surface area contributed by atoms with Gasteiger partial charge in [-0.25, -0.2) is 0 Å². The first kappa shape index (κ1) is 58.6. The number of carbonyl (C=O) groups excluding carboxylic acids is 4. The van der Waals surface area contributed by atoms with Gasteiger partial charge in [0, 0.05) is 57.9 Å². The number of ether oxygens (including phenoxy) is 4. The molecule has 0 radical (unpaired) electrons. The molecule has 0 aromatic carbocycles. The Labute approximate surface area is 400 Å². The van der Waals surface area contributed by atoms with Gasteiger partial charge in [0.1, 0.15) is 61.0 Å². The third kappa shape index (κ3) is 19.6. The quantitative estimate of drug-likeness (QED) is 0.0183. The lowest BCUT2D eigenvalue weighted by Gasteiger charge is -2.50. The van der Waals surface area contributed by atoms with Crippen molar-refractivity contribution in [1.82, 2.24) is 21.3 Å². The first-order valence-electron chi connectivity index (χ1n) is 23.4. The molecule has 394 valence electrons. The molecule has 3 fully saturated rings. The average Bonchev–Trinajstić information content (AvgIpc) is 3.28. The van der Waals surface area contributed by atoms with Gasteiger partial charge in [-0.3, -0.25) is 40.8 Å². The van der Waals surface area contributed by atoms with Crippen LogP contribution in [0.25, 0.3) is 0 Å². The first-order valence-corrected chi connectivity index (χ1v) is 23.4. The number of amidine groups is 4. The van der Waals surface area contributed by atoms with Crippen molar-refractivity contribution in [3.63, 3.8) is 0 Å². The summed E-state index contributed by atoms with van der Waals surface area (Å²) in [6.45, 7) is -1.20. The highest BCUT2D eigenvalue weighted by Crippen LogP contribution is 2.33. The Balaban J connectivity index is 1.97. The normalized spacial score (nSPS) is 31.2. The van der Waals surface area contributed by atoms with Crippen LogP contribution in [0, 0.1) is 21.6 Å². The molecule has 1 saturated carbocycles. The lowest BCUT2D eigenvalue weighted by Crippen LogP contribution is -2.70. The number of nitrogens with one attached hydrogen (secondary N) is 8. The maximum atomic E-state index is 13.5. The zero-order chi connectivity index (χ0) is 51.4. The number of hydrogen-bond donors (Lipinski definition) is 19. The van der Waals surface area contributed by atoms with E-state index in [0.29, 0.717) is 57.8 Å². The number of carbonyl (C=O) groups is 4. The Morgan fingerprint density at radius 1 is 0.478 bits per heavy atom. The zero-order valence-corrected chi connectivity index (χ0v) is 38.8. The predicted octanol–water partition coefficient (Wildman–Crippen LogP) is -4.68. The fraction of sp³-hybridized carbons (Fsp3) is 0.810. The summed E-state index contributed by atoms with van der Waals surface area (Å²) in [6.07, 6.45) is -17.6. The monoisotopic (exact) mass is 989 g/mol. The molecule has 0 bridgehead atoms. The summed E-state index contributed by atoms with van der Waals surface area (Å²) in [7, 11) is 0. The molecule has 1 aliphatic carbocycles. The van der Waals surface area contributed by atoms with E-state index in [2.05, 4.69) is 21.3 Å². The number of amides is 4. The minimum absolute atomic E-state index is 0.0303. The Morgan fingerprint density at radius 2 is 0.855 bits per heavy atom. The molecule has 0 aromatic rings. The molecule has 2 aliphatic heterocycles. The number of aliphatic hydroxyl groups is 7. The van der Waals surface area contributed by atoms with Gasteiger partial charge in [-0.15, -0.1) is 0 Å². The molecule has 23 N–H and O–H groups in total. The van der Waals surface area contributed by atoms with Crippen molar-refractivity contribution in [3.8, 4) is 0 Å². The summed E-state index contributed by atoms with van der Waals surface area (Å²) < 4.78 is 24.1. The van der Waals surface area contributed by atoms with Crippen LogP contribution < -0.4 is 44.2 Å². The highest BCUT2D eigenvalue weighted by molar-refractivity contribution is 5.80. The van der Waals surface area contributed by atoms with Gasteiger partial charge in [0.15, 0.2) is 12.6 Å². The van der Waals surface area contributed by atoms with E-state index in [-0.39, 0.29) is 81.3 Å². The van der Waals surface area contributed by atoms with E-state index >= 15 is 0 Å². The van der Waals surface area contributed by atoms with E-state index < -0.39 is 122 Å². The number of hydrogen-bond acceptors (Lipinski definition) is 19. The number of unbranched alkanes of at least 4 members (excludes halogenated alkanes) is 4. The van der Waals surface area contributed by atoms with E-state index in [4.69, 9.17) is 63.5 Å². The van der Waals surface area contributed by atoms with Crippen molar-refractivity contribution in [1.29, 1.82) is 21.6 Å². The third-order valence-corrected chi connectivity index (χ3v) is 12.0. The van der Waals surface area contributed by atoms with Crippen LogP contribution in [0.2, 0.25) is 0 Å².